The van der Waals surface area contributed by atoms with Gasteiger partial charge in [0, 0.05) is 23.7 Å². The van der Waals surface area contributed by atoms with E-state index in [-0.39, 0.29) is 6.04 Å². The number of benzene rings is 2. The molecule has 3 aromatic rings. The summed E-state index contributed by atoms with van der Waals surface area (Å²) in [5.74, 6) is -0.489. The van der Waals surface area contributed by atoms with Crippen LogP contribution in [0.2, 0.25) is 0 Å². The van der Waals surface area contributed by atoms with Crippen LogP contribution >= 0.6 is 0 Å². The maximum absolute atomic E-state index is 12.0. The highest BCUT2D eigenvalue weighted by Gasteiger charge is 2.23. The number of carbonyl (C=O) groups is 1. The Bertz CT molecular complexity index is 1050. The van der Waals surface area contributed by atoms with E-state index in [0.29, 0.717) is 18.7 Å². The van der Waals surface area contributed by atoms with Gasteiger partial charge in [-0.3, -0.25) is 4.79 Å². The smallest absolute Gasteiger partial charge is 0.267 e. The molecule has 4 N–H and O–H groups in total. The van der Waals surface area contributed by atoms with E-state index in [0.717, 1.165) is 24.2 Å². The van der Waals surface area contributed by atoms with Gasteiger partial charge in [0.15, 0.2) is 0 Å². The van der Waals surface area contributed by atoms with Crippen LogP contribution in [0, 0.1) is 6.92 Å². The summed E-state index contributed by atoms with van der Waals surface area (Å²) in [6.07, 6.45) is 1.49. The first-order valence-corrected chi connectivity index (χ1v) is 9.74. The normalized spacial score (nSPS) is 14.8. The molecule has 0 aliphatic carbocycles. The number of nitrogens with zero attached hydrogens (tertiary/aromatic N) is 2. The summed E-state index contributed by atoms with van der Waals surface area (Å²) >= 11 is 0. The molecule has 1 aliphatic rings. The third-order valence-corrected chi connectivity index (χ3v) is 5.47. The largest absolute Gasteiger partial charge is 0.365 e. The molecule has 1 aliphatic heterocycles. The van der Waals surface area contributed by atoms with Crippen molar-refractivity contribution in [3.63, 3.8) is 0 Å². The van der Waals surface area contributed by atoms with Gasteiger partial charge in [-0.2, -0.15) is 0 Å². The van der Waals surface area contributed by atoms with Gasteiger partial charge in [-0.1, -0.05) is 36.4 Å². The molecule has 1 amide bonds. The minimum atomic E-state index is -0.489. The van der Waals surface area contributed by atoms with Gasteiger partial charge < -0.3 is 16.4 Å². The molecule has 0 unspecified atom stereocenters. The van der Waals surface area contributed by atoms with Crippen LogP contribution in [0.5, 0.6) is 0 Å². The molecular formula is C23H26N4O. The molecule has 1 atom stereocenters. The number of anilines is 1. The molecule has 0 saturated carbocycles. The maximum Gasteiger partial charge on any atom is 0.267 e. The van der Waals surface area contributed by atoms with Crippen molar-refractivity contribution >= 4 is 22.4 Å². The first-order chi connectivity index (χ1) is 13.4. The van der Waals surface area contributed by atoms with E-state index in [9.17, 15) is 4.79 Å². The van der Waals surface area contributed by atoms with Crippen LogP contribution in [0.15, 0.2) is 42.5 Å². The highest BCUT2D eigenvalue weighted by Crippen LogP contribution is 2.33. The number of nitrogens with two attached hydrogens (primary N) is 2. The molecule has 144 valence electrons. The Morgan fingerprint density at radius 2 is 2.00 bits per heavy atom. The Balaban J connectivity index is 1.75. The summed E-state index contributed by atoms with van der Waals surface area (Å²) in [6, 6.07) is 14.8. The average Bonchev–Trinajstić information content (AvgIpc) is 2.66. The van der Waals surface area contributed by atoms with Crippen molar-refractivity contribution in [2.75, 3.05) is 11.4 Å². The quantitative estimate of drug-likeness (QED) is 0.735. The lowest BCUT2D eigenvalue weighted by Crippen LogP contribution is -2.33. The first kappa shape index (κ1) is 18.4. The van der Waals surface area contributed by atoms with E-state index in [1.54, 1.807) is 0 Å². The second-order valence-electron chi connectivity index (χ2n) is 7.77. The number of amides is 1. The Morgan fingerprint density at radius 3 is 2.71 bits per heavy atom. The van der Waals surface area contributed by atoms with Gasteiger partial charge in [-0.25, -0.2) is 4.98 Å². The standard InChI is InChI=1S/C23H26N4O/c1-14-5-3-6-16-7-4-8-20(21(14)16)27-10-9-17-12-18(11-15(2)24)22(23(25)28)26-19(17)13-27/h3-8,12,15H,9-11,13,24H2,1-2H3,(H2,25,28)/t15-/m0/s1. The SMILES string of the molecule is Cc1cccc2cccc(N3CCc4cc(C[C@H](C)N)c(C(N)=O)nc4C3)c12. The maximum atomic E-state index is 12.0. The van der Waals surface area contributed by atoms with Crippen molar-refractivity contribution in [2.45, 2.75) is 39.3 Å². The predicted molar refractivity (Wildman–Crippen MR) is 114 cm³/mol. The van der Waals surface area contributed by atoms with Crippen molar-refractivity contribution < 1.29 is 4.79 Å². The van der Waals surface area contributed by atoms with Gasteiger partial charge in [0.25, 0.3) is 5.91 Å². The fourth-order valence-electron chi connectivity index (χ4n) is 4.20. The number of aromatic nitrogens is 1. The molecule has 0 spiro atoms. The fraction of sp³-hybridized carbons (Fsp3) is 0.304. The lowest BCUT2D eigenvalue weighted by molar-refractivity contribution is 0.0994. The lowest BCUT2D eigenvalue weighted by atomic mass is 9.96. The summed E-state index contributed by atoms with van der Waals surface area (Å²) in [7, 11) is 0. The summed E-state index contributed by atoms with van der Waals surface area (Å²) in [5, 5.41) is 2.51. The van der Waals surface area contributed by atoms with E-state index < -0.39 is 5.91 Å². The van der Waals surface area contributed by atoms with Crippen LogP contribution in [-0.2, 0) is 19.4 Å². The highest BCUT2D eigenvalue weighted by molar-refractivity contribution is 5.97. The molecule has 1 aromatic heterocycles. The highest BCUT2D eigenvalue weighted by atomic mass is 16.1. The lowest BCUT2D eigenvalue weighted by Gasteiger charge is -2.32. The first-order valence-electron chi connectivity index (χ1n) is 9.74. The third kappa shape index (κ3) is 3.34. The molecule has 4 rings (SSSR count). The zero-order valence-corrected chi connectivity index (χ0v) is 16.4. The minimum absolute atomic E-state index is 0.0447. The van der Waals surface area contributed by atoms with E-state index >= 15 is 0 Å². The number of rotatable bonds is 4. The van der Waals surface area contributed by atoms with Crippen molar-refractivity contribution in [3.05, 3.63) is 70.5 Å². The van der Waals surface area contributed by atoms with Crippen LogP contribution < -0.4 is 16.4 Å². The molecule has 0 fully saturated rings. The van der Waals surface area contributed by atoms with Crippen LogP contribution in [0.3, 0.4) is 0 Å². The number of hydrogen-bond acceptors (Lipinski definition) is 4. The van der Waals surface area contributed by atoms with Crippen molar-refractivity contribution in [3.8, 4) is 0 Å². The Hall–Kier alpha value is -2.92. The summed E-state index contributed by atoms with van der Waals surface area (Å²) < 4.78 is 0. The zero-order valence-electron chi connectivity index (χ0n) is 16.4. The monoisotopic (exact) mass is 374 g/mol. The molecule has 0 saturated heterocycles. The third-order valence-electron chi connectivity index (χ3n) is 5.47. The summed E-state index contributed by atoms with van der Waals surface area (Å²) in [4.78, 5) is 19.0. The van der Waals surface area contributed by atoms with E-state index in [1.807, 2.05) is 6.92 Å². The molecule has 0 bridgehead atoms. The van der Waals surface area contributed by atoms with E-state index in [2.05, 4.69) is 59.3 Å². The molecule has 5 heteroatoms. The Morgan fingerprint density at radius 1 is 1.25 bits per heavy atom. The molecule has 5 nitrogen and oxygen atoms in total. The number of carbonyl (C=O) groups excluding carboxylic acids is 1. The number of hydrogen-bond donors (Lipinski definition) is 2. The van der Waals surface area contributed by atoms with Gasteiger partial charge in [-0.05, 0) is 54.8 Å². The van der Waals surface area contributed by atoms with Gasteiger partial charge in [0.05, 0.1) is 12.2 Å². The van der Waals surface area contributed by atoms with Gasteiger partial charge in [0.1, 0.15) is 5.69 Å². The van der Waals surface area contributed by atoms with Gasteiger partial charge in [-0.15, -0.1) is 0 Å². The van der Waals surface area contributed by atoms with Crippen LogP contribution in [0.1, 0.15) is 39.8 Å². The summed E-state index contributed by atoms with van der Waals surface area (Å²) in [6.45, 7) is 5.65. The predicted octanol–water partition coefficient (Wildman–Crippen LogP) is 3.09. The second kappa shape index (κ2) is 7.24. The van der Waals surface area contributed by atoms with Crippen LogP contribution in [-0.4, -0.2) is 23.5 Å². The van der Waals surface area contributed by atoms with Gasteiger partial charge in [0.2, 0.25) is 0 Å². The average molecular weight is 374 g/mol. The van der Waals surface area contributed by atoms with Crippen LogP contribution in [0.25, 0.3) is 10.8 Å². The molecular weight excluding hydrogens is 348 g/mol. The second-order valence-corrected chi connectivity index (χ2v) is 7.77. The van der Waals surface area contributed by atoms with Crippen molar-refractivity contribution in [1.29, 1.82) is 0 Å². The molecule has 2 heterocycles. The number of pyridine rings is 1. The number of fused-ring (bicyclic) bond motifs is 2. The summed E-state index contributed by atoms with van der Waals surface area (Å²) in [5.41, 5.74) is 17.4. The Kier molecular flexibility index (Phi) is 4.77. The van der Waals surface area contributed by atoms with Crippen molar-refractivity contribution in [2.24, 2.45) is 11.5 Å². The van der Waals surface area contributed by atoms with Gasteiger partial charge >= 0.3 is 0 Å². The topological polar surface area (TPSA) is 85.2 Å². The molecule has 2 aromatic carbocycles. The van der Waals surface area contributed by atoms with Crippen LogP contribution in [0.4, 0.5) is 5.69 Å². The fourth-order valence-corrected chi connectivity index (χ4v) is 4.20. The molecule has 0 radical (unpaired) electrons. The Labute approximate surface area is 165 Å². The molecule has 28 heavy (non-hydrogen) atoms. The van der Waals surface area contributed by atoms with Crippen molar-refractivity contribution in [1.82, 2.24) is 4.98 Å². The minimum Gasteiger partial charge on any atom is -0.365 e. The zero-order chi connectivity index (χ0) is 19.8. The number of primary amides is 1. The number of aryl methyl sites for hydroxylation is 1. The van der Waals surface area contributed by atoms with E-state index in [4.69, 9.17) is 11.5 Å². The van der Waals surface area contributed by atoms with E-state index in [1.165, 1.54) is 27.6 Å².